The summed E-state index contributed by atoms with van der Waals surface area (Å²) < 4.78 is 0. The van der Waals surface area contributed by atoms with E-state index in [1.54, 1.807) is 31.2 Å². The lowest BCUT2D eigenvalue weighted by atomic mass is 10.1. The molecule has 0 spiro atoms. The van der Waals surface area contributed by atoms with E-state index in [2.05, 4.69) is 15.5 Å². The third kappa shape index (κ3) is 3.73. The minimum atomic E-state index is -0.340. The van der Waals surface area contributed by atoms with Crippen LogP contribution < -0.4 is 5.43 Å². The zero-order valence-electron chi connectivity index (χ0n) is 10.9. The van der Waals surface area contributed by atoms with Gasteiger partial charge < -0.3 is 0 Å². The predicted octanol–water partition coefficient (Wildman–Crippen LogP) is 4.20. The van der Waals surface area contributed by atoms with Crippen molar-refractivity contribution >= 4 is 46.4 Å². The van der Waals surface area contributed by atoms with Gasteiger partial charge in [-0.05, 0) is 25.1 Å². The number of hydrogen-bond acceptors (Lipinski definition) is 3. The molecule has 1 heterocycles. The van der Waals surface area contributed by atoms with E-state index in [9.17, 15) is 4.79 Å². The second kappa shape index (κ2) is 6.89. The first-order chi connectivity index (χ1) is 10.0. The summed E-state index contributed by atoms with van der Waals surface area (Å²) in [5, 5.41) is 4.92. The zero-order chi connectivity index (χ0) is 15.4. The number of pyridine rings is 1. The number of hydrogen-bond donors (Lipinski definition) is 1. The van der Waals surface area contributed by atoms with Crippen LogP contribution in [0.4, 0.5) is 0 Å². The molecular weight excluding hydrogens is 333 g/mol. The fourth-order valence-corrected chi connectivity index (χ4v) is 2.24. The van der Waals surface area contributed by atoms with E-state index >= 15 is 0 Å². The summed E-state index contributed by atoms with van der Waals surface area (Å²) in [5.41, 5.74) is 4.02. The Hall–Kier alpha value is -1.62. The van der Waals surface area contributed by atoms with Gasteiger partial charge in [0, 0.05) is 23.5 Å². The molecule has 7 heteroatoms. The summed E-state index contributed by atoms with van der Waals surface area (Å²) >= 11 is 17.9. The molecule has 0 aliphatic heterocycles. The van der Waals surface area contributed by atoms with Crippen LogP contribution in [0.1, 0.15) is 22.8 Å². The quantitative estimate of drug-likeness (QED) is 0.516. The maximum atomic E-state index is 11.9. The van der Waals surface area contributed by atoms with Gasteiger partial charge >= 0.3 is 0 Å². The molecule has 4 nitrogen and oxygen atoms in total. The van der Waals surface area contributed by atoms with Crippen LogP contribution in [0.2, 0.25) is 15.1 Å². The Labute approximate surface area is 136 Å². The predicted molar refractivity (Wildman–Crippen MR) is 85.4 cm³/mol. The highest BCUT2D eigenvalue weighted by molar-refractivity contribution is 6.49. The number of carbonyl (C=O) groups excluding carboxylic acids is 1. The third-order valence-corrected chi connectivity index (χ3v) is 3.99. The Balaban J connectivity index is 2.19. The van der Waals surface area contributed by atoms with Crippen molar-refractivity contribution in [3.63, 3.8) is 0 Å². The van der Waals surface area contributed by atoms with Crippen LogP contribution in [0.25, 0.3) is 0 Å². The van der Waals surface area contributed by atoms with Crippen LogP contribution in [-0.2, 0) is 0 Å². The topological polar surface area (TPSA) is 54.4 Å². The van der Waals surface area contributed by atoms with Gasteiger partial charge in [-0.2, -0.15) is 5.10 Å². The minimum Gasteiger partial charge on any atom is -0.267 e. The van der Waals surface area contributed by atoms with E-state index in [-0.39, 0.29) is 10.9 Å². The van der Waals surface area contributed by atoms with Crippen LogP contribution in [0, 0.1) is 0 Å². The highest BCUT2D eigenvalue weighted by atomic mass is 35.5. The number of carbonyl (C=O) groups is 1. The molecule has 0 bridgehead atoms. The molecule has 21 heavy (non-hydrogen) atoms. The number of benzene rings is 1. The molecule has 0 unspecified atom stereocenters. The van der Waals surface area contributed by atoms with Crippen molar-refractivity contribution < 1.29 is 4.79 Å². The first-order valence-corrected chi connectivity index (χ1v) is 7.02. The van der Waals surface area contributed by atoms with Gasteiger partial charge in [0.1, 0.15) is 0 Å². The summed E-state index contributed by atoms with van der Waals surface area (Å²) in [7, 11) is 0. The number of nitrogens with one attached hydrogen (secondary N) is 1. The summed E-state index contributed by atoms with van der Waals surface area (Å²) in [6, 6.07) is 6.49. The van der Waals surface area contributed by atoms with Crippen molar-refractivity contribution in [2.45, 2.75) is 6.92 Å². The highest BCUT2D eigenvalue weighted by Crippen LogP contribution is 2.32. The Morgan fingerprint density at radius 3 is 2.43 bits per heavy atom. The van der Waals surface area contributed by atoms with Gasteiger partial charge in [0.25, 0.3) is 5.91 Å². The van der Waals surface area contributed by atoms with Crippen LogP contribution >= 0.6 is 34.8 Å². The van der Waals surface area contributed by atoms with E-state index < -0.39 is 0 Å². The molecule has 0 aliphatic carbocycles. The second-order valence-corrected chi connectivity index (χ2v) is 5.26. The summed E-state index contributed by atoms with van der Waals surface area (Å²) in [4.78, 5) is 15.7. The Kier molecular flexibility index (Phi) is 5.17. The molecule has 2 aromatic rings. The van der Waals surface area contributed by atoms with Crippen molar-refractivity contribution in [1.29, 1.82) is 0 Å². The summed E-state index contributed by atoms with van der Waals surface area (Å²) in [6.45, 7) is 1.71. The molecule has 0 aliphatic rings. The molecule has 2 rings (SSSR count). The number of aromatic nitrogens is 1. The SMILES string of the molecule is C/C(=N/NC(=O)c1ccncc1)c1ccc(Cl)c(Cl)c1Cl. The van der Waals surface area contributed by atoms with Gasteiger partial charge in [-0.3, -0.25) is 9.78 Å². The number of nitrogens with zero attached hydrogens (tertiary/aromatic N) is 2. The molecule has 1 amide bonds. The molecule has 1 aromatic carbocycles. The number of hydrazone groups is 1. The fraction of sp³-hybridized carbons (Fsp3) is 0.0714. The van der Waals surface area contributed by atoms with E-state index in [0.29, 0.717) is 26.9 Å². The second-order valence-electron chi connectivity index (χ2n) is 4.10. The largest absolute Gasteiger partial charge is 0.271 e. The van der Waals surface area contributed by atoms with Crippen LogP contribution in [0.15, 0.2) is 41.8 Å². The van der Waals surface area contributed by atoms with E-state index in [0.717, 1.165) is 0 Å². The first-order valence-electron chi connectivity index (χ1n) is 5.89. The third-order valence-electron chi connectivity index (χ3n) is 2.69. The average molecular weight is 343 g/mol. The Bertz CT molecular complexity index is 702. The van der Waals surface area contributed by atoms with Gasteiger partial charge in [-0.15, -0.1) is 0 Å². The molecular formula is C14H10Cl3N3O. The lowest BCUT2D eigenvalue weighted by molar-refractivity contribution is 0.0954. The van der Waals surface area contributed by atoms with Crippen molar-refractivity contribution in [3.8, 4) is 0 Å². The Morgan fingerprint density at radius 1 is 1.10 bits per heavy atom. The number of amides is 1. The molecule has 0 fully saturated rings. The number of halogens is 3. The van der Waals surface area contributed by atoms with E-state index in [4.69, 9.17) is 34.8 Å². The van der Waals surface area contributed by atoms with Crippen molar-refractivity contribution in [3.05, 3.63) is 62.9 Å². The normalized spacial score (nSPS) is 11.3. The zero-order valence-corrected chi connectivity index (χ0v) is 13.2. The lowest BCUT2D eigenvalue weighted by Gasteiger charge is -2.07. The minimum absolute atomic E-state index is 0.255. The van der Waals surface area contributed by atoms with E-state index in [1.165, 1.54) is 12.4 Å². The van der Waals surface area contributed by atoms with Crippen LogP contribution in [0.5, 0.6) is 0 Å². The van der Waals surface area contributed by atoms with Gasteiger partial charge in [-0.1, -0.05) is 40.9 Å². The monoisotopic (exact) mass is 341 g/mol. The van der Waals surface area contributed by atoms with Crippen molar-refractivity contribution in [1.82, 2.24) is 10.4 Å². The maximum Gasteiger partial charge on any atom is 0.271 e. The highest BCUT2D eigenvalue weighted by Gasteiger charge is 2.11. The maximum absolute atomic E-state index is 11.9. The summed E-state index contributed by atoms with van der Waals surface area (Å²) in [6.07, 6.45) is 3.06. The van der Waals surface area contributed by atoms with Crippen LogP contribution in [0.3, 0.4) is 0 Å². The molecule has 108 valence electrons. The fourth-order valence-electron chi connectivity index (χ4n) is 1.57. The smallest absolute Gasteiger partial charge is 0.267 e. The average Bonchev–Trinajstić information content (AvgIpc) is 2.51. The van der Waals surface area contributed by atoms with Gasteiger partial charge in [0.05, 0.1) is 20.8 Å². The molecule has 0 saturated carbocycles. The van der Waals surface area contributed by atoms with Crippen molar-refractivity contribution in [2.24, 2.45) is 5.10 Å². The standard InChI is InChI=1S/C14H10Cl3N3O/c1-8(10-2-3-11(15)13(17)12(10)16)19-20-14(21)9-4-6-18-7-5-9/h2-7H,1H3,(H,20,21)/b19-8-. The van der Waals surface area contributed by atoms with Crippen LogP contribution in [-0.4, -0.2) is 16.6 Å². The molecule has 1 aromatic heterocycles. The van der Waals surface area contributed by atoms with E-state index in [1.807, 2.05) is 0 Å². The number of rotatable bonds is 3. The molecule has 0 radical (unpaired) electrons. The Morgan fingerprint density at radius 2 is 1.76 bits per heavy atom. The van der Waals surface area contributed by atoms with Gasteiger partial charge in [-0.25, -0.2) is 5.43 Å². The summed E-state index contributed by atoms with van der Waals surface area (Å²) in [5.74, 6) is -0.340. The van der Waals surface area contributed by atoms with Gasteiger partial charge in [0.2, 0.25) is 0 Å². The lowest BCUT2D eigenvalue weighted by Crippen LogP contribution is -2.19. The van der Waals surface area contributed by atoms with Crippen molar-refractivity contribution in [2.75, 3.05) is 0 Å². The molecule has 1 N–H and O–H groups in total. The molecule has 0 saturated heterocycles. The molecule has 0 atom stereocenters. The van der Waals surface area contributed by atoms with Gasteiger partial charge in [0.15, 0.2) is 0 Å². The first kappa shape index (κ1) is 15.8.